The summed E-state index contributed by atoms with van der Waals surface area (Å²) in [5, 5.41) is 36.5. The van der Waals surface area contributed by atoms with E-state index in [-0.39, 0.29) is 30.0 Å². The van der Waals surface area contributed by atoms with Crippen molar-refractivity contribution in [3.63, 3.8) is 0 Å². The predicted octanol–water partition coefficient (Wildman–Crippen LogP) is 4.39. The number of H-pyrrole nitrogens is 1. The van der Waals surface area contributed by atoms with Crippen molar-refractivity contribution >= 4 is 17.0 Å². The topological polar surface area (TPSA) is 157 Å². The average Bonchev–Trinajstić information content (AvgIpc) is 3.00. The van der Waals surface area contributed by atoms with E-state index in [4.69, 9.17) is 4.74 Å². The largest absolute Gasteiger partial charge is 0.506 e. The van der Waals surface area contributed by atoms with Crippen molar-refractivity contribution in [3.05, 3.63) is 135 Å². The second-order valence-electron chi connectivity index (χ2n) is 9.74. The molecule has 0 radical (unpaired) electrons. The van der Waals surface area contributed by atoms with Gasteiger partial charge in [0.1, 0.15) is 18.1 Å². The van der Waals surface area contributed by atoms with Crippen molar-refractivity contribution in [2.24, 2.45) is 0 Å². The highest BCUT2D eigenvalue weighted by Gasteiger charge is 2.17. The Hall–Kier alpha value is -5.19. The van der Waals surface area contributed by atoms with Gasteiger partial charge in [0.2, 0.25) is 5.56 Å². The molecule has 2 heterocycles. The summed E-state index contributed by atoms with van der Waals surface area (Å²) >= 11 is 0. The lowest BCUT2D eigenvalue weighted by molar-refractivity contribution is 0.175. The number of aliphatic hydroxyl groups is 1. The number of aromatic hydroxyl groups is 1. The molecule has 0 unspecified atom stereocenters. The van der Waals surface area contributed by atoms with Crippen LogP contribution in [0.2, 0.25) is 0 Å². The first-order valence-electron chi connectivity index (χ1n) is 13.3. The van der Waals surface area contributed by atoms with E-state index in [0.29, 0.717) is 23.2 Å². The minimum Gasteiger partial charge on any atom is -0.506 e. The lowest BCUT2D eigenvalue weighted by Crippen LogP contribution is -2.27. The third-order valence-electron chi connectivity index (χ3n) is 6.79. The van der Waals surface area contributed by atoms with Crippen LogP contribution >= 0.6 is 0 Å². The molecular formula is C32H30N4O6. The van der Waals surface area contributed by atoms with Crippen LogP contribution in [0.25, 0.3) is 10.9 Å². The second kappa shape index (κ2) is 13.0. The van der Waals surface area contributed by atoms with Crippen LogP contribution in [-0.4, -0.2) is 37.9 Å². The van der Waals surface area contributed by atoms with E-state index in [9.17, 15) is 24.9 Å². The van der Waals surface area contributed by atoms with Gasteiger partial charge in [0.15, 0.2) is 0 Å². The van der Waals surface area contributed by atoms with Gasteiger partial charge in [-0.25, -0.2) is 4.79 Å². The quantitative estimate of drug-likeness (QED) is 0.137. The SMILES string of the molecule is O=C(O)N[C@@H](c1ccccc1)c1cccc(OCc2ccc(CNC[C@H](O)c3ccc(O)c4[nH]c(=O)ccc34)nc2)c1. The molecule has 3 aromatic carbocycles. The van der Waals surface area contributed by atoms with E-state index in [1.54, 1.807) is 18.3 Å². The maximum atomic E-state index is 11.6. The number of nitrogens with one attached hydrogen (secondary N) is 3. The van der Waals surface area contributed by atoms with Crippen molar-refractivity contribution < 1.29 is 24.9 Å². The summed E-state index contributed by atoms with van der Waals surface area (Å²) < 4.78 is 5.97. The summed E-state index contributed by atoms with van der Waals surface area (Å²) in [5.41, 5.74) is 3.77. The number of carbonyl (C=O) groups is 1. The number of aromatic nitrogens is 2. The molecule has 10 nitrogen and oxygen atoms in total. The fourth-order valence-corrected chi connectivity index (χ4v) is 4.72. The fraction of sp³-hybridized carbons (Fsp3) is 0.156. The van der Waals surface area contributed by atoms with E-state index < -0.39 is 18.2 Å². The fourth-order valence-electron chi connectivity index (χ4n) is 4.72. The molecule has 0 bridgehead atoms. The highest BCUT2D eigenvalue weighted by atomic mass is 16.5. The molecule has 2 aromatic heterocycles. The molecule has 0 saturated heterocycles. The first-order chi connectivity index (χ1) is 20.4. The number of carboxylic acid groups (broad SMARTS) is 1. The minimum atomic E-state index is -1.11. The summed E-state index contributed by atoms with van der Waals surface area (Å²) in [6.45, 7) is 0.939. The minimum absolute atomic E-state index is 0.0563. The molecule has 214 valence electrons. The molecule has 5 aromatic rings. The number of phenolic OH excluding ortho intramolecular Hbond substituents is 1. The Balaban J connectivity index is 1.16. The normalized spacial score (nSPS) is 12.5. The number of phenols is 1. The van der Waals surface area contributed by atoms with Crippen LogP contribution in [0.4, 0.5) is 4.79 Å². The Kier molecular flexibility index (Phi) is 8.76. The van der Waals surface area contributed by atoms with Crippen molar-refractivity contribution in [1.29, 1.82) is 0 Å². The molecule has 5 rings (SSSR count). The summed E-state index contributed by atoms with van der Waals surface area (Å²) in [7, 11) is 0. The zero-order valence-corrected chi connectivity index (χ0v) is 22.5. The van der Waals surface area contributed by atoms with Crippen LogP contribution in [0.5, 0.6) is 11.5 Å². The van der Waals surface area contributed by atoms with Gasteiger partial charge in [-0.05, 0) is 47.0 Å². The molecule has 0 spiro atoms. The van der Waals surface area contributed by atoms with Crippen LogP contribution < -0.4 is 20.9 Å². The average molecular weight is 567 g/mol. The monoisotopic (exact) mass is 566 g/mol. The lowest BCUT2D eigenvalue weighted by Gasteiger charge is -2.19. The standard InChI is InChI=1S/C32H30N4O6/c37-27-13-11-25(26-12-14-29(39)35-31(26)27)28(38)18-33-17-23-10-9-20(16-34-23)19-42-24-8-4-7-22(15-24)30(36-32(40)41)21-5-2-1-3-6-21/h1-16,28,30,33,36-38H,17-19H2,(H,35,39)(H,40,41)/t28-,30-/m0/s1. The summed E-state index contributed by atoms with van der Waals surface area (Å²) in [4.78, 5) is 30.1. The van der Waals surface area contributed by atoms with Gasteiger partial charge in [-0.1, -0.05) is 54.6 Å². The zero-order valence-electron chi connectivity index (χ0n) is 22.5. The van der Waals surface area contributed by atoms with E-state index in [0.717, 1.165) is 22.4 Å². The Bertz CT molecular complexity index is 1720. The van der Waals surface area contributed by atoms with Crippen LogP contribution in [0.3, 0.4) is 0 Å². The van der Waals surface area contributed by atoms with Gasteiger partial charge in [0.05, 0.1) is 23.4 Å². The maximum absolute atomic E-state index is 11.6. The van der Waals surface area contributed by atoms with Gasteiger partial charge < -0.3 is 35.7 Å². The Morgan fingerprint density at radius 1 is 0.952 bits per heavy atom. The van der Waals surface area contributed by atoms with E-state index in [1.165, 1.54) is 12.1 Å². The van der Waals surface area contributed by atoms with Gasteiger partial charge in [-0.2, -0.15) is 0 Å². The zero-order chi connectivity index (χ0) is 29.5. The highest BCUT2D eigenvalue weighted by Crippen LogP contribution is 2.29. The number of hydrogen-bond donors (Lipinski definition) is 6. The number of aliphatic hydroxyl groups excluding tert-OH is 1. The van der Waals surface area contributed by atoms with E-state index in [2.05, 4.69) is 20.6 Å². The maximum Gasteiger partial charge on any atom is 0.405 e. The van der Waals surface area contributed by atoms with Gasteiger partial charge in [0, 0.05) is 36.3 Å². The smallest absolute Gasteiger partial charge is 0.405 e. The Morgan fingerprint density at radius 3 is 2.52 bits per heavy atom. The van der Waals surface area contributed by atoms with Gasteiger partial charge in [0.25, 0.3) is 0 Å². The van der Waals surface area contributed by atoms with Crippen LogP contribution in [0, 0.1) is 0 Å². The number of nitrogens with zero attached hydrogens (tertiary/aromatic N) is 1. The predicted molar refractivity (Wildman–Crippen MR) is 157 cm³/mol. The van der Waals surface area contributed by atoms with Crippen LogP contribution in [-0.2, 0) is 13.2 Å². The first-order valence-corrected chi connectivity index (χ1v) is 13.3. The van der Waals surface area contributed by atoms with Gasteiger partial charge >= 0.3 is 6.09 Å². The summed E-state index contributed by atoms with van der Waals surface area (Å²) in [6.07, 6.45) is -0.258. The number of hydrogen-bond acceptors (Lipinski definition) is 7. The first kappa shape index (κ1) is 28.3. The van der Waals surface area contributed by atoms with E-state index >= 15 is 0 Å². The van der Waals surface area contributed by atoms with Crippen molar-refractivity contribution in [3.8, 4) is 11.5 Å². The highest BCUT2D eigenvalue weighted by molar-refractivity contribution is 5.87. The van der Waals surface area contributed by atoms with Gasteiger partial charge in [-0.3, -0.25) is 9.78 Å². The number of amides is 1. The molecule has 0 saturated carbocycles. The molecular weight excluding hydrogens is 536 g/mol. The third kappa shape index (κ3) is 6.92. The number of aromatic amines is 1. The van der Waals surface area contributed by atoms with Crippen molar-refractivity contribution in [2.75, 3.05) is 6.54 Å². The summed E-state index contributed by atoms with van der Waals surface area (Å²) in [6, 6.07) is 25.9. The number of benzene rings is 3. The van der Waals surface area contributed by atoms with Crippen molar-refractivity contribution in [2.45, 2.75) is 25.3 Å². The van der Waals surface area contributed by atoms with E-state index in [1.807, 2.05) is 66.7 Å². The number of fused-ring (bicyclic) bond motifs is 1. The second-order valence-corrected chi connectivity index (χ2v) is 9.74. The number of ether oxygens (including phenoxy) is 1. The number of rotatable bonds is 11. The molecule has 0 aliphatic carbocycles. The molecule has 2 atom stereocenters. The number of pyridine rings is 2. The molecule has 0 aliphatic rings. The molecule has 6 N–H and O–H groups in total. The Morgan fingerprint density at radius 2 is 1.76 bits per heavy atom. The van der Waals surface area contributed by atoms with Gasteiger partial charge in [-0.15, -0.1) is 0 Å². The lowest BCUT2D eigenvalue weighted by atomic mass is 9.98. The molecule has 42 heavy (non-hydrogen) atoms. The third-order valence-corrected chi connectivity index (χ3v) is 6.79. The van der Waals surface area contributed by atoms with Crippen LogP contribution in [0.1, 0.15) is 40.1 Å². The molecule has 0 aliphatic heterocycles. The summed E-state index contributed by atoms with van der Waals surface area (Å²) in [5.74, 6) is 0.547. The molecule has 0 fully saturated rings. The van der Waals surface area contributed by atoms with Crippen LogP contribution in [0.15, 0.2) is 102 Å². The molecule has 1 amide bonds. The van der Waals surface area contributed by atoms with Crippen molar-refractivity contribution in [1.82, 2.24) is 20.6 Å². The molecule has 10 heteroatoms. The Labute approximate surface area is 241 Å².